The van der Waals surface area contributed by atoms with Crippen molar-refractivity contribution < 1.29 is 19.4 Å². The van der Waals surface area contributed by atoms with Crippen molar-refractivity contribution in [3.05, 3.63) is 23.3 Å². The van der Waals surface area contributed by atoms with Crippen LogP contribution in [-0.4, -0.2) is 53.7 Å². The fourth-order valence-corrected chi connectivity index (χ4v) is 7.33. The number of rotatable bonds is 3. The second-order valence-corrected chi connectivity index (χ2v) is 9.50. The highest BCUT2D eigenvalue weighted by Gasteiger charge is 2.68. The molecule has 3 aliphatic heterocycles. The van der Waals surface area contributed by atoms with Crippen LogP contribution in [-0.2, 0) is 21.4 Å². The van der Waals surface area contributed by atoms with Crippen molar-refractivity contribution in [1.82, 2.24) is 4.90 Å². The van der Waals surface area contributed by atoms with E-state index in [9.17, 15) is 9.90 Å². The number of Topliss-reactive ketones (excluding diaryl/α,β-unsaturated/α-hetero) is 1. The van der Waals surface area contributed by atoms with Crippen LogP contribution in [0.15, 0.2) is 12.1 Å². The Morgan fingerprint density at radius 1 is 1.32 bits per heavy atom. The van der Waals surface area contributed by atoms with Crippen molar-refractivity contribution in [2.24, 2.45) is 11.8 Å². The van der Waals surface area contributed by atoms with Crippen molar-refractivity contribution in [1.29, 1.82) is 0 Å². The van der Waals surface area contributed by atoms with Gasteiger partial charge in [0, 0.05) is 36.6 Å². The van der Waals surface area contributed by atoms with E-state index in [0.717, 1.165) is 45.4 Å². The lowest BCUT2D eigenvalue weighted by Crippen LogP contribution is -2.68. The number of phenolic OH excluding ortho intramolecular Hbond substituents is 1. The molecule has 5 aliphatic rings. The summed E-state index contributed by atoms with van der Waals surface area (Å²) in [5.41, 5.74) is 2.20. The predicted molar refractivity (Wildman–Crippen MR) is 104 cm³/mol. The number of carbonyl (C=O) groups is 1. The van der Waals surface area contributed by atoms with E-state index in [0.29, 0.717) is 36.2 Å². The fourth-order valence-electron chi connectivity index (χ4n) is 7.33. The number of ether oxygens (including phenoxy) is 2. The van der Waals surface area contributed by atoms with Gasteiger partial charge in [0.15, 0.2) is 23.4 Å². The maximum absolute atomic E-state index is 13.1. The van der Waals surface area contributed by atoms with Crippen LogP contribution in [0.2, 0.25) is 0 Å². The monoisotopic (exact) mass is 383 g/mol. The van der Waals surface area contributed by atoms with Crippen LogP contribution in [0.1, 0.15) is 50.2 Å². The highest BCUT2D eigenvalue weighted by Crippen LogP contribution is 2.64. The zero-order chi connectivity index (χ0) is 19.0. The summed E-state index contributed by atoms with van der Waals surface area (Å²) < 4.78 is 12.2. The zero-order valence-corrected chi connectivity index (χ0v) is 16.5. The van der Waals surface area contributed by atoms with Gasteiger partial charge in [0.2, 0.25) is 0 Å². The molecule has 1 aromatic rings. The normalized spacial score (nSPS) is 41.0. The average Bonchev–Trinajstić information content (AvgIpc) is 3.32. The molecule has 1 spiro atoms. The molecule has 150 valence electrons. The van der Waals surface area contributed by atoms with Crippen molar-refractivity contribution in [3.8, 4) is 11.5 Å². The van der Waals surface area contributed by atoms with Crippen LogP contribution in [0.5, 0.6) is 11.5 Å². The largest absolute Gasteiger partial charge is 0.504 e. The summed E-state index contributed by atoms with van der Waals surface area (Å²) in [4.78, 5) is 15.8. The number of carbonyl (C=O) groups excluding carboxylic acids is 1. The first-order chi connectivity index (χ1) is 13.6. The van der Waals surface area contributed by atoms with Gasteiger partial charge in [0.25, 0.3) is 0 Å². The molecule has 0 aromatic heterocycles. The van der Waals surface area contributed by atoms with E-state index < -0.39 is 6.10 Å². The summed E-state index contributed by atoms with van der Waals surface area (Å²) >= 11 is 0. The predicted octanol–water partition coefficient (Wildman–Crippen LogP) is 2.82. The second kappa shape index (κ2) is 5.96. The molecule has 0 amide bonds. The summed E-state index contributed by atoms with van der Waals surface area (Å²) in [6, 6.07) is 4.26. The smallest absolute Gasteiger partial charge is 0.174 e. The first kappa shape index (κ1) is 17.3. The van der Waals surface area contributed by atoms with Crippen LogP contribution in [0, 0.1) is 11.8 Å². The Kier molecular flexibility index (Phi) is 3.68. The first-order valence-electron chi connectivity index (χ1n) is 11.0. The highest BCUT2D eigenvalue weighted by molar-refractivity contribution is 5.89. The lowest BCUT2D eigenvalue weighted by Gasteiger charge is -2.60. The number of aromatic hydroxyl groups is 1. The molecule has 6 rings (SSSR count). The Morgan fingerprint density at radius 3 is 3.00 bits per heavy atom. The standard InChI is InChI=1S/C23H29NO4/c1-2-13-11-18(26)22-23-7-8-24(12-15-4-3-9-27-15)16(19(13)23)10-14-5-6-17(25)21(28-22)20(14)23/h5-6,13,15-16,19,22,25H,2-4,7-12H2,1H3/t13?,15?,16-,19+,22?,23+/m1/s1. The molecule has 1 aromatic carbocycles. The molecule has 3 fully saturated rings. The minimum atomic E-state index is -0.407. The topological polar surface area (TPSA) is 59.0 Å². The molecule has 0 radical (unpaired) electrons. The Bertz CT molecular complexity index is 832. The number of hydrogen-bond acceptors (Lipinski definition) is 5. The van der Waals surface area contributed by atoms with Crippen LogP contribution in [0.25, 0.3) is 0 Å². The van der Waals surface area contributed by atoms with Gasteiger partial charge >= 0.3 is 0 Å². The van der Waals surface area contributed by atoms with Crippen LogP contribution >= 0.6 is 0 Å². The fraction of sp³-hybridized carbons (Fsp3) is 0.696. The SMILES string of the molecule is CCC1CC(=O)C2Oc3c(O)ccc4c3[C@@]23CCN(CC2CCCO2)[C@H](C4)[C@H]13. The molecule has 28 heavy (non-hydrogen) atoms. The zero-order valence-electron chi connectivity index (χ0n) is 16.5. The molecule has 2 saturated heterocycles. The van der Waals surface area contributed by atoms with Crippen molar-refractivity contribution in [2.75, 3.05) is 19.7 Å². The van der Waals surface area contributed by atoms with E-state index in [1.54, 1.807) is 6.07 Å². The third-order valence-electron chi connectivity index (χ3n) is 8.36. The van der Waals surface area contributed by atoms with Crippen molar-refractivity contribution >= 4 is 5.78 Å². The number of likely N-dealkylation sites (tertiary alicyclic amines) is 1. The molecular weight excluding hydrogens is 354 g/mol. The first-order valence-corrected chi connectivity index (χ1v) is 11.0. The van der Waals surface area contributed by atoms with E-state index in [1.165, 1.54) is 17.5 Å². The van der Waals surface area contributed by atoms with Gasteiger partial charge in [0.05, 0.1) is 6.10 Å². The van der Waals surface area contributed by atoms with E-state index in [1.807, 2.05) is 0 Å². The molecular formula is C23H29NO4. The van der Waals surface area contributed by atoms with Gasteiger partial charge in [-0.25, -0.2) is 0 Å². The number of piperidine rings is 1. The van der Waals surface area contributed by atoms with E-state index in [2.05, 4.69) is 17.9 Å². The Balaban J connectivity index is 1.48. The molecule has 1 N–H and O–H groups in total. The second-order valence-electron chi connectivity index (χ2n) is 9.50. The van der Waals surface area contributed by atoms with Gasteiger partial charge in [-0.2, -0.15) is 0 Å². The summed E-state index contributed by atoms with van der Waals surface area (Å²) in [5.74, 6) is 1.85. The third kappa shape index (κ3) is 2.07. The van der Waals surface area contributed by atoms with Gasteiger partial charge in [0.1, 0.15) is 0 Å². The molecule has 2 aliphatic carbocycles. The van der Waals surface area contributed by atoms with Crippen LogP contribution < -0.4 is 4.74 Å². The highest BCUT2D eigenvalue weighted by atomic mass is 16.5. The number of phenols is 1. The summed E-state index contributed by atoms with van der Waals surface area (Å²) in [7, 11) is 0. The van der Waals surface area contributed by atoms with Crippen molar-refractivity contribution in [3.63, 3.8) is 0 Å². The Morgan fingerprint density at radius 2 is 2.21 bits per heavy atom. The number of benzene rings is 1. The lowest BCUT2D eigenvalue weighted by molar-refractivity contribution is -0.146. The number of hydrogen-bond donors (Lipinski definition) is 1. The maximum atomic E-state index is 13.1. The van der Waals surface area contributed by atoms with E-state index in [4.69, 9.17) is 9.47 Å². The molecule has 3 unspecified atom stereocenters. The summed E-state index contributed by atoms with van der Waals surface area (Å²) in [5, 5.41) is 10.5. The molecule has 5 heteroatoms. The van der Waals surface area contributed by atoms with Gasteiger partial charge in [-0.1, -0.05) is 19.4 Å². The van der Waals surface area contributed by atoms with Crippen molar-refractivity contribution in [2.45, 2.75) is 69.1 Å². The van der Waals surface area contributed by atoms with Gasteiger partial charge in [-0.15, -0.1) is 0 Å². The average molecular weight is 383 g/mol. The Hall–Kier alpha value is -1.59. The molecule has 3 heterocycles. The van der Waals surface area contributed by atoms with E-state index >= 15 is 0 Å². The Labute approximate surface area is 166 Å². The van der Waals surface area contributed by atoms with Crippen LogP contribution in [0.3, 0.4) is 0 Å². The van der Waals surface area contributed by atoms with Gasteiger partial charge in [-0.05, 0) is 55.7 Å². The number of nitrogens with zero attached hydrogens (tertiary/aromatic N) is 1. The maximum Gasteiger partial charge on any atom is 0.174 e. The molecule has 5 nitrogen and oxygen atoms in total. The minimum absolute atomic E-state index is 0.197. The van der Waals surface area contributed by atoms with Crippen LogP contribution in [0.4, 0.5) is 0 Å². The lowest BCUT2D eigenvalue weighted by atomic mass is 9.48. The molecule has 1 saturated carbocycles. The molecule has 2 bridgehead atoms. The quantitative estimate of drug-likeness (QED) is 0.870. The molecule has 6 atom stereocenters. The van der Waals surface area contributed by atoms with E-state index in [-0.39, 0.29) is 16.9 Å². The summed E-state index contributed by atoms with van der Waals surface area (Å²) in [6.07, 6.45) is 5.85. The summed E-state index contributed by atoms with van der Waals surface area (Å²) in [6.45, 7) is 5.11. The van der Waals surface area contributed by atoms with Gasteiger partial charge < -0.3 is 14.6 Å². The van der Waals surface area contributed by atoms with Gasteiger partial charge in [-0.3, -0.25) is 9.69 Å². The number of ketones is 1. The third-order valence-corrected chi connectivity index (χ3v) is 8.36. The minimum Gasteiger partial charge on any atom is -0.504 e.